The fraction of sp³-hybridized carbons (Fsp3) is 0.118. The molecule has 0 amide bonds. The Morgan fingerprint density at radius 3 is 2.55 bits per heavy atom. The lowest BCUT2D eigenvalue weighted by Crippen LogP contribution is -2.12. The first kappa shape index (κ1) is 15.5. The molecule has 2 aromatic carbocycles. The fourth-order valence-corrected chi connectivity index (χ4v) is 3.92. The van der Waals surface area contributed by atoms with Crippen LogP contribution in [0.25, 0.3) is 4.91 Å². The van der Waals surface area contributed by atoms with Gasteiger partial charge in [0.05, 0.1) is 11.5 Å². The number of benzene rings is 2. The van der Waals surface area contributed by atoms with Gasteiger partial charge in [-0.3, -0.25) is 4.79 Å². The average molecular weight is 349 g/mol. The molecule has 0 bridgehead atoms. The highest BCUT2D eigenvalue weighted by atomic mass is 35.5. The second-order valence-corrected chi connectivity index (χ2v) is 7.15. The van der Waals surface area contributed by atoms with Gasteiger partial charge in [0.1, 0.15) is 0 Å². The minimum Gasteiger partial charge on any atom is -0.487 e. The van der Waals surface area contributed by atoms with Crippen molar-refractivity contribution in [1.82, 2.24) is 0 Å². The minimum atomic E-state index is -0.0756. The van der Waals surface area contributed by atoms with Crippen molar-refractivity contribution in [3.8, 4) is 0 Å². The Hall–Kier alpha value is -1.36. The van der Waals surface area contributed by atoms with E-state index in [1.807, 2.05) is 42.5 Å². The van der Waals surface area contributed by atoms with E-state index in [9.17, 15) is 4.79 Å². The second-order valence-electron chi connectivity index (χ2n) is 4.56. The average Bonchev–Trinajstić information content (AvgIpc) is 2.58. The molecule has 0 saturated heterocycles. The van der Waals surface area contributed by atoms with Gasteiger partial charge in [0.15, 0.2) is 5.76 Å². The molecule has 2 nitrogen and oxygen atoms in total. The molecule has 0 aromatic heterocycles. The standard InChI is InChI=1S/C17H13ClO2S2/c18-13-6-8-14(9-7-13)22-17(19)15-16(21-11-10-20-15)12-4-2-1-3-5-12/h1-9H,10-11H2. The van der Waals surface area contributed by atoms with Crippen LogP contribution in [0, 0.1) is 0 Å². The summed E-state index contributed by atoms with van der Waals surface area (Å²) >= 11 is 8.70. The molecule has 2 aromatic rings. The third-order valence-electron chi connectivity index (χ3n) is 3.03. The Bertz CT molecular complexity index is 696. The maximum atomic E-state index is 12.6. The van der Waals surface area contributed by atoms with E-state index in [1.54, 1.807) is 23.9 Å². The van der Waals surface area contributed by atoms with Crippen molar-refractivity contribution in [2.24, 2.45) is 0 Å². The van der Waals surface area contributed by atoms with E-state index in [0.717, 1.165) is 32.9 Å². The van der Waals surface area contributed by atoms with Crippen molar-refractivity contribution >= 4 is 45.1 Å². The maximum Gasteiger partial charge on any atom is 0.259 e. The topological polar surface area (TPSA) is 26.3 Å². The predicted molar refractivity (Wildman–Crippen MR) is 94.1 cm³/mol. The van der Waals surface area contributed by atoms with Crippen LogP contribution < -0.4 is 0 Å². The summed E-state index contributed by atoms with van der Waals surface area (Å²) in [5, 5.41) is 0.582. The molecule has 0 fully saturated rings. The molecule has 0 aliphatic carbocycles. The van der Waals surface area contributed by atoms with E-state index in [0.29, 0.717) is 17.4 Å². The number of carbonyl (C=O) groups excluding carboxylic acids is 1. The van der Waals surface area contributed by atoms with Crippen LogP contribution in [0.4, 0.5) is 0 Å². The summed E-state index contributed by atoms with van der Waals surface area (Å²) in [6.45, 7) is 0.559. The number of hydrogen-bond donors (Lipinski definition) is 0. The summed E-state index contributed by atoms with van der Waals surface area (Å²) in [6.07, 6.45) is 0. The third kappa shape index (κ3) is 3.69. The maximum absolute atomic E-state index is 12.6. The summed E-state index contributed by atoms with van der Waals surface area (Å²) in [5.74, 6) is 1.30. The van der Waals surface area contributed by atoms with E-state index < -0.39 is 0 Å². The molecule has 22 heavy (non-hydrogen) atoms. The summed E-state index contributed by atoms with van der Waals surface area (Å²) in [7, 11) is 0. The Labute approximate surface area is 142 Å². The smallest absolute Gasteiger partial charge is 0.259 e. The van der Waals surface area contributed by atoms with Crippen LogP contribution in [0.15, 0.2) is 65.3 Å². The first-order valence-electron chi connectivity index (χ1n) is 6.77. The number of hydrogen-bond acceptors (Lipinski definition) is 4. The SMILES string of the molecule is O=C(Sc1ccc(Cl)cc1)C1=C(c2ccccc2)SCCO1. The number of halogens is 1. The zero-order valence-electron chi connectivity index (χ0n) is 11.6. The van der Waals surface area contributed by atoms with Gasteiger partial charge in [0, 0.05) is 15.7 Å². The van der Waals surface area contributed by atoms with Crippen LogP contribution in [0.5, 0.6) is 0 Å². The normalized spacial score (nSPS) is 14.6. The molecular weight excluding hydrogens is 336 g/mol. The predicted octanol–water partition coefficient (Wildman–Crippen LogP) is 5.09. The van der Waals surface area contributed by atoms with Crippen LogP contribution in [0.2, 0.25) is 5.02 Å². The van der Waals surface area contributed by atoms with Crippen molar-refractivity contribution in [2.45, 2.75) is 4.90 Å². The first-order chi connectivity index (χ1) is 10.7. The Kier molecular flexibility index (Phi) is 5.13. The highest BCUT2D eigenvalue weighted by molar-refractivity contribution is 8.14. The van der Waals surface area contributed by atoms with Gasteiger partial charge in [0.25, 0.3) is 5.12 Å². The van der Waals surface area contributed by atoms with E-state index >= 15 is 0 Å². The molecule has 0 saturated carbocycles. The van der Waals surface area contributed by atoms with Crippen molar-refractivity contribution in [2.75, 3.05) is 12.4 Å². The summed E-state index contributed by atoms with van der Waals surface area (Å²) in [6, 6.07) is 17.1. The monoisotopic (exact) mass is 348 g/mol. The zero-order chi connectivity index (χ0) is 15.4. The lowest BCUT2D eigenvalue weighted by molar-refractivity contribution is -0.110. The Morgan fingerprint density at radius 1 is 1.09 bits per heavy atom. The van der Waals surface area contributed by atoms with Crippen molar-refractivity contribution in [1.29, 1.82) is 0 Å². The Balaban J connectivity index is 1.87. The second kappa shape index (κ2) is 7.27. The number of ether oxygens (including phenoxy) is 1. The first-order valence-corrected chi connectivity index (χ1v) is 8.95. The van der Waals surface area contributed by atoms with Crippen molar-refractivity contribution in [3.05, 3.63) is 70.9 Å². The molecule has 1 heterocycles. The summed E-state index contributed by atoms with van der Waals surface area (Å²) < 4.78 is 5.67. The fourth-order valence-electron chi connectivity index (χ4n) is 2.03. The van der Waals surface area contributed by atoms with Crippen LogP contribution in [-0.2, 0) is 9.53 Å². The van der Waals surface area contributed by atoms with Crippen molar-refractivity contribution < 1.29 is 9.53 Å². The molecule has 0 spiro atoms. The zero-order valence-corrected chi connectivity index (χ0v) is 14.0. The molecule has 0 N–H and O–H groups in total. The number of rotatable bonds is 3. The van der Waals surface area contributed by atoms with E-state index in [-0.39, 0.29) is 5.12 Å². The lowest BCUT2D eigenvalue weighted by Gasteiger charge is -2.19. The molecule has 112 valence electrons. The van der Waals surface area contributed by atoms with Crippen molar-refractivity contribution in [3.63, 3.8) is 0 Å². The number of carbonyl (C=O) groups is 1. The van der Waals surface area contributed by atoms with Gasteiger partial charge in [-0.2, -0.15) is 0 Å². The Morgan fingerprint density at radius 2 is 1.82 bits per heavy atom. The van der Waals surface area contributed by atoms with Crippen LogP contribution >= 0.6 is 35.1 Å². The highest BCUT2D eigenvalue weighted by Gasteiger charge is 2.23. The quantitative estimate of drug-likeness (QED) is 0.721. The van der Waals surface area contributed by atoms with Crippen LogP contribution in [-0.4, -0.2) is 17.5 Å². The molecule has 1 aliphatic rings. The van der Waals surface area contributed by atoms with Crippen LogP contribution in [0.3, 0.4) is 0 Å². The van der Waals surface area contributed by atoms with E-state index in [1.165, 1.54) is 0 Å². The largest absolute Gasteiger partial charge is 0.487 e. The molecule has 0 radical (unpaired) electrons. The van der Waals surface area contributed by atoms with Gasteiger partial charge in [-0.15, -0.1) is 11.8 Å². The molecule has 1 aliphatic heterocycles. The van der Waals surface area contributed by atoms with Gasteiger partial charge in [-0.25, -0.2) is 0 Å². The lowest BCUT2D eigenvalue weighted by atomic mass is 10.2. The molecular formula is C17H13ClO2S2. The highest BCUT2D eigenvalue weighted by Crippen LogP contribution is 2.37. The molecule has 0 unspecified atom stereocenters. The summed E-state index contributed by atoms with van der Waals surface area (Å²) in [4.78, 5) is 14.3. The third-order valence-corrected chi connectivity index (χ3v) is 5.24. The van der Waals surface area contributed by atoms with E-state index in [4.69, 9.17) is 16.3 Å². The van der Waals surface area contributed by atoms with Gasteiger partial charge in [-0.1, -0.05) is 41.9 Å². The number of thioether (sulfide) groups is 2. The molecule has 5 heteroatoms. The molecule has 0 atom stereocenters. The van der Waals surface area contributed by atoms with Gasteiger partial charge >= 0.3 is 0 Å². The minimum absolute atomic E-state index is 0.0756. The van der Waals surface area contributed by atoms with Crippen LogP contribution in [0.1, 0.15) is 5.56 Å². The van der Waals surface area contributed by atoms with E-state index in [2.05, 4.69) is 0 Å². The van der Waals surface area contributed by atoms with Gasteiger partial charge < -0.3 is 4.74 Å². The van der Waals surface area contributed by atoms with Gasteiger partial charge in [0.2, 0.25) is 0 Å². The molecule has 3 rings (SSSR count). The van der Waals surface area contributed by atoms with Gasteiger partial charge in [-0.05, 0) is 41.6 Å². The summed E-state index contributed by atoms with van der Waals surface area (Å²) in [5.41, 5.74) is 1.02.